The van der Waals surface area contributed by atoms with Gasteiger partial charge in [-0.05, 0) is 33.1 Å². The molecule has 1 aliphatic rings. The Balaban J connectivity index is 0.000000423. The predicted octanol–water partition coefficient (Wildman–Crippen LogP) is 0.833. The van der Waals surface area contributed by atoms with Crippen LogP contribution in [0.1, 0.15) is 39.5 Å². The molecule has 0 bridgehead atoms. The SMILES string of the molecule is CCOCCOCCC(=O)[O-].CCOCC[N+]1(C)CCCCC1. The highest BCUT2D eigenvalue weighted by Crippen LogP contribution is 2.15. The van der Waals surface area contributed by atoms with Crippen LogP contribution in [-0.2, 0) is 19.0 Å². The first-order chi connectivity index (χ1) is 11.0. The number of rotatable bonds is 11. The Labute approximate surface area is 141 Å². The Hall–Kier alpha value is -0.690. The van der Waals surface area contributed by atoms with Gasteiger partial charge in [0, 0.05) is 25.6 Å². The van der Waals surface area contributed by atoms with Gasteiger partial charge in [-0.15, -0.1) is 0 Å². The van der Waals surface area contributed by atoms with Gasteiger partial charge in [-0.25, -0.2) is 0 Å². The lowest BCUT2D eigenvalue weighted by Crippen LogP contribution is -2.49. The first-order valence-corrected chi connectivity index (χ1v) is 8.80. The molecule has 6 nitrogen and oxygen atoms in total. The number of piperidine rings is 1. The van der Waals surface area contributed by atoms with Crippen molar-refractivity contribution in [3.8, 4) is 0 Å². The van der Waals surface area contributed by atoms with Crippen LogP contribution >= 0.6 is 0 Å². The van der Waals surface area contributed by atoms with Crippen molar-refractivity contribution in [1.29, 1.82) is 0 Å². The number of quaternary nitrogens is 1. The van der Waals surface area contributed by atoms with Crippen LogP contribution in [0.25, 0.3) is 0 Å². The number of nitrogens with zero attached hydrogens (tertiary/aromatic N) is 1. The topological polar surface area (TPSA) is 67.8 Å². The first-order valence-electron chi connectivity index (χ1n) is 8.80. The van der Waals surface area contributed by atoms with Crippen molar-refractivity contribution >= 4 is 5.97 Å². The van der Waals surface area contributed by atoms with Gasteiger partial charge in [0.25, 0.3) is 0 Å². The highest BCUT2D eigenvalue weighted by atomic mass is 16.5. The fourth-order valence-corrected chi connectivity index (χ4v) is 2.45. The van der Waals surface area contributed by atoms with Gasteiger partial charge in [-0.3, -0.25) is 0 Å². The lowest BCUT2D eigenvalue weighted by molar-refractivity contribution is -0.914. The van der Waals surface area contributed by atoms with Crippen LogP contribution in [0.2, 0.25) is 0 Å². The van der Waals surface area contributed by atoms with E-state index in [4.69, 9.17) is 14.2 Å². The molecule has 0 aromatic carbocycles. The molecule has 23 heavy (non-hydrogen) atoms. The summed E-state index contributed by atoms with van der Waals surface area (Å²) in [5.74, 6) is -1.08. The van der Waals surface area contributed by atoms with Crippen LogP contribution in [-0.4, -0.2) is 76.8 Å². The number of aliphatic carboxylic acids is 1. The number of carboxylic acid groups (broad SMARTS) is 1. The second-order valence-electron chi connectivity index (χ2n) is 5.98. The van der Waals surface area contributed by atoms with E-state index in [1.807, 2.05) is 6.92 Å². The third-order valence-corrected chi connectivity index (χ3v) is 3.90. The first kappa shape index (κ1) is 22.3. The Bertz CT molecular complexity index is 280. The Morgan fingerprint density at radius 1 is 0.913 bits per heavy atom. The van der Waals surface area contributed by atoms with E-state index in [-0.39, 0.29) is 13.0 Å². The van der Waals surface area contributed by atoms with Gasteiger partial charge in [0.2, 0.25) is 0 Å². The van der Waals surface area contributed by atoms with Crippen LogP contribution < -0.4 is 5.11 Å². The third kappa shape index (κ3) is 14.6. The molecule has 0 atom stereocenters. The number of hydrogen-bond donors (Lipinski definition) is 0. The third-order valence-electron chi connectivity index (χ3n) is 3.90. The molecule has 0 amide bonds. The van der Waals surface area contributed by atoms with Crippen molar-refractivity contribution in [1.82, 2.24) is 0 Å². The fraction of sp³-hybridized carbons (Fsp3) is 0.941. The van der Waals surface area contributed by atoms with E-state index < -0.39 is 5.97 Å². The van der Waals surface area contributed by atoms with Crippen molar-refractivity contribution in [2.24, 2.45) is 0 Å². The summed E-state index contributed by atoms with van der Waals surface area (Å²) in [5, 5.41) is 9.87. The van der Waals surface area contributed by atoms with E-state index in [2.05, 4.69) is 14.0 Å². The maximum absolute atomic E-state index is 9.87. The van der Waals surface area contributed by atoms with E-state index >= 15 is 0 Å². The van der Waals surface area contributed by atoms with Crippen molar-refractivity contribution < 1.29 is 28.6 Å². The maximum Gasteiger partial charge on any atom is 0.102 e. The zero-order valence-corrected chi connectivity index (χ0v) is 15.2. The molecule has 0 aliphatic carbocycles. The average molecular weight is 333 g/mol. The molecule has 1 fully saturated rings. The normalized spacial score (nSPS) is 16.5. The molecule has 0 N–H and O–H groups in total. The van der Waals surface area contributed by atoms with Crippen LogP contribution in [0, 0.1) is 0 Å². The number of ether oxygens (including phenoxy) is 3. The van der Waals surface area contributed by atoms with Gasteiger partial charge < -0.3 is 28.6 Å². The summed E-state index contributed by atoms with van der Waals surface area (Å²) in [6, 6.07) is 0. The second kappa shape index (κ2) is 14.9. The zero-order chi connectivity index (χ0) is 17.4. The van der Waals surface area contributed by atoms with Crippen molar-refractivity contribution in [2.75, 3.05) is 66.3 Å². The van der Waals surface area contributed by atoms with Gasteiger partial charge in [0.1, 0.15) is 6.54 Å². The summed E-state index contributed by atoms with van der Waals surface area (Å²) in [4.78, 5) is 9.87. The molecule has 0 aromatic rings. The van der Waals surface area contributed by atoms with Crippen molar-refractivity contribution in [3.05, 3.63) is 0 Å². The molecular formula is C17H35NO5. The van der Waals surface area contributed by atoms with Crippen molar-refractivity contribution in [2.45, 2.75) is 39.5 Å². The quantitative estimate of drug-likeness (QED) is 0.414. The molecule has 0 saturated carbocycles. The largest absolute Gasteiger partial charge is 0.550 e. The van der Waals surface area contributed by atoms with E-state index in [9.17, 15) is 9.90 Å². The molecule has 1 rings (SSSR count). The summed E-state index contributed by atoms with van der Waals surface area (Å²) >= 11 is 0. The van der Waals surface area contributed by atoms with Crippen LogP contribution in [0.5, 0.6) is 0 Å². The summed E-state index contributed by atoms with van der Waals surface area (Å²) in [7, 11) is 2.36. The molecule has 0 radical (unpaired) electrons. The number of likely N-dealkylation sites (tertiary alicyclic amines) is 1. The summed E-state index contributed by atoms with van der Waals surface area (Å²) in [6.45, 7) is 11.5. The number of carboxylic acids is 1. The molecule has 0 spiro atoms. The minimum absolute atomic E-state index is 0.0495. The summed E-state index contributed by atoms with van der Waals surface area (Å²) < 4.78 is 16.5. The number of carbonyl (C=O) groups excluding carboxylic acids is 1. The number of likely N-dealkylation sites (N-methyl/N-ethyl adjacent to an activating group) is 1. The molecule has 0 unspecified atom stereocenters. The molecular weight excluding hydrogens is 298 g/mol. The standard InChI is InChI=1S/C10H22NO.C7H14O4/c1-3-12-10-9-11(2)7-5-4-6-8-11;1-2-10-5-6-11-4-3-7(8)9/h3-10H2,1-2H3;2-6H2,1H3,(H,8,9)/q+1;/p-1. The maximum atomic E-state index is 9.87. The number of hydrogen-bond acceptors (Lipinski definition) is 5. The Kier molecular flexibility index (Phi) is 14.4. The second-order valence-corrected chi connectivity index (χ2v) is 5.98. The molecule has 138 valence electrons. The number of carbonyl (C=O) groups is 1. The molecule has 1 saturated heterocycles. The molecule has 6 heteroatoms. The van der Waals surface area contributed by atoms with Gasteiger partial charge in [-0.2, -0.15) is 0 Å². The minimum atomic E-state index is -1.08. The highest BCUT2D eigenvalue weighted by Gasteiger charge is 2.23. The van der Waals surface area contributed by atoms with Crippen LogP contribution in [0.15, 0.2) is 0 Å². The van der Waals surface area contributed by atoms with E-state index in [0.29, 0.717) is 19.8 Å². The van der Waals surface area contributed by atoms with Gasteiger partial charge in [0.05, 0.1) is 46.6 Å². The van der Waals surface area contributed by atoms with Crippen molar-refractivity contribution in [3.63, 3.8) is 0 Å². The van der Waals surface area contributed by atoms with Crippen LogP contribution in [0.3, 0.4) is 0 Å². The monoisotopic (exact) mass is 333 g/mol. The minimum Gasteiger partial charge on any atom is -0.550 e. The fourth-order valence-electron chi connectivity index (χ4n) is 2.45. The summed E-state index contributed by atoms with van der Waals surface area (Å²) in [6.07, 6.45) is 4.19. The van der Waals surface area contributed by atoms with E-state index in [0.717, 1.165) is 13.2 Å². The smallest absolute Gasteiger partial charge is 0.102 e. The lowest BCUT2D eigenvalue weighted by atomic mass is 10.1. The van der Waals surface area contributed by atoms with Gasteiger partial charge in [0.15, 0.2) is 0 Å². The van der Waals surface area contributed by atoms with Gasteiger partial charge >= 0.3 is 0 Å². The highest BCUT2D eigenvalue weighted by molar-refractivity contribution is 5.64. The van der Waals surface area contributed by atoms with E-state index in [1.54, 1.807) is 0 Å². The lowest BCUT2D eigenvalue weighted by Gasteiger charge is -2.37. The molecule has 1 aliphatic heterocycles. The Morgan fingerprint density at radius 2 is 1.48 bits per heavy atom. The average Bonchev–Trinajstić information content (AvgIpc) is 2.52. The molecule has 0 aromatic heterocycles. The molecule has 1 heterocycles. The summed E-state index contributed by atoms with van der Waals surface area (Å²) in [5.41, 5.74) is 0. The Morgan fingerprint density at radius 3 is 2.04 bits per heavy atom. The zero-order valence-electron chi connectivity index (χ0n) is 15.2. The van der Waals surface area contributed by atoms with Crippen LogP contribution in [0.4, 0.5) is 0 Å². The van der Waals surface area contributed by atoms with E-state index in [1.165, 1.54) is 43.4 Å². The predicted molar refractivity (Wildman–Crippen MR) is 88.1 cm³/mol. The van der Waals surface area contributed by atoms with Gasteiger partial charge in [-0.1, -0.05) is 0 Å².